The van der Waals surface area contributed by atoms with Crippen LogP contribution in [0.25, 0.3) is 0 Å². The van der Waals surface area contributed by atoms with Crippen molar-refractivity contribution in [1.29, 1.82) is 0 Å². The third-order valence-electron chi connectivity index (χ3n) is 4.72. The van der Waals surface area contributed by atoms with Gasteiger partial charge in [0, 0.05) is 24.7 Å². The molecular formula is C20H25N3O4. The summed E-state index contributed by atoms with van der Waals surface area (Å²) in [6.45, 7) is 2.39. The second kappa shape index (κ2) is 8.70. The van der Waals surface area contributed by atoms with E-state index in [1.165, 1.54) is 23.6 Å². The topological polar surface area (TPSA) is 93.2 Å². The molecule has 1 aromatic carbocycles. The molecule has 0 spiro atoms. The van der Waals surface area contributed by atoms with E-state index in [1.54, 1.807) is 6.92 Å². The monoisotopic (exact) mass is 371 g/mol. The van der Waals surface area contributed by atoms with Crippen LogP contribution in [0.2, 0.25) is 0 Å². The second-order valence-corrected chi connectivity index (χ2v) is 6.70. The summed E-state index contributed by atoms with van der Waals surface area (Å²) in [5.41, 5.74) is 2.73. The van der Waals surface area contributed by atoms with Gasteiger partial charge in [0.25, 0.3) is 5.56 Å². The Bertz CT molecular complexity index is 898. The molecule has 1 aromatic heterocycles. The van der Waals surface area contributed by atoms with Crippen molar-refractivity contribution in [2.24, 2.45) is 0 Å². The predicted octanol–water partition coefficient (Wildman–Crippen LogP) is 2.50. The van der Waals surface area contributed by atoms with E-state index in [4.69, 9.17) is 4.74 Å². The lowest BCUT2D eigenvalue weighted by atomic mass is 10.1. The zero-order valence-electron chi connectivity index (χ0n) is 15.5. The lowest BCUT2D eigenvalue weighted by Crippen LogP contribution is -2.35. The smallest absolute Gasteiger partial charge is 0.329 e. The largest absolute Gasteiger partial charge is 0.466 e. The van der Waals surface area contributed by atoms with Crippen molar-refractivity contribution in [3.05, 3.63) is 56.2 Å². The van der Waals surface area contributed by atoms with Crippen LogP contribution < -0.4 is 16.6 Å². The summed E-state index contributed by atoms with van der Waals surface area (Å²) in [6, 6.07) is 7.51. The molecule has 0 unspecified atom stereocenters. The van der Waals surface area contributed by atoms with Gasteiger partial charge in [-0.15, -0.1) is 0 Å². The molecule has 144 valence electrons. The Morgan fingerprint density at radius 2 is 2.00 bits per heavy atom. The zero-order chi connectivity index (χ0) is 19.2. The SMILES string of the molecule is CCOC(=O)CCCCn1c(=O)cc(Nc2ccc3c(c2)CCC3)[nH]c1=O. The number of benzene rings is 1. The molecule has 7 heteroatoms. The van der Waals surface area contributed by atoms with Crippen LogP contribution in [0, 0.1) is 0 Å². The Kier molecular flexibility index (Phi) is 6.11. The number of ether oxygens (including phenoxy) is 1. The van der Waals surface area contributed by atoms with E-state index >= 15 is 0 Å². The molecule has 0 saturated carbocycles. The Hall–Kier alpha value is -2.83. The van der Waals surface area contributed by atoms with Gasteiger partial charge in [0.1, 0.15) is 5.82 Å². The van der Waals surface area contributed by atoms with Gasteiger partial charge in [0.05, 0.1) is 6.61 Å². The Morgan fingerprint density at radius 3 is 2.78 bits per heavy atom. The van der Waals surface area contributed by atoms with Crippen molar-refractivity contribution < 1.29 is 9.53 Å². The number of carbonyl (C=O) groups is 1. The number of esters is 1. The first-order valence-corrected chi connectivity index (χ1v) is 9.45. The van der Waals surface area contributed by atoms with Gasteiger partial charge in [-0.25, -0.2) is 4.79 Å². The predicted molar refractivity (Wildman–Crippen MR) is 104 cm³/mol. The number of nitrogens with one attached hydrogen (secondary N) is 2. The molecule has 1 heterocycles. The minimum Gasteiger partial charge on any atom is -0.466 e. The molecule has 1 aliphatic rings. The minimum atomic E-state index is -0.456. The fraction of sp³-hybridized carbons (Fsp3) is 0.450. The third-order valence-corrected chi connectivity index (χ3v) is 4.72. The highest BCUT2D eigenvalue weighted by atomic mass is 16.5. The van der Waals surface area contributed by atoms with E-state index in [0.717, 1.165) is 23.1 Å². The van der Waals surface area contributed by atoms with E-state index in [2.05, 4.69) is 22.4 Å². The van der Waals surface area contributed by atoms with E-state index in [1.807, 2.05) is 6.07 Å². The summed E-state index contributed by atoms with van der Waals surface area (Å²) in [5, 5.41) is 3.11. The van der Waals surface area contributed by atoms with E-state index in [0.29, 0.717) is 31.7 Å². The van der Waals surface area contributed by atoms with E-state index in [9.17, 15) is 14.4 Å². The van der Waals surface area contributed by atoms with Crippen molar-refractivity contribution in [2.75, 3.05) is 11.9 Å². The number of aryl methyl sites for hydroxylation is 2. The van der Waals surface area contributed by atoms with Crippen LogP contribution in [-0.2, 0) is 28.9 Å². The molecule has 0 amide bonds. The van der Waals surface area contributed by atoms with E-state index in [-0.39, 0.29) is 18.1 Å². The van der Waals surface area contributed by atoms with Crippen LogP contribution in [0.3, 0.4) is 0 Å². The summed E-state index contributed by atoms with van der Waals surface area (Å²) in [4.78, 5) is 38.5. The van der Waals surface area contributed by atoms with Gasteiger partial charge in [-0.2, -0.15) is 0 Å². The lowest BCUT2D eigenvalue weighted by Gasteiger charge is -2.10. The van der Waals surface area contributed by atoms with Crippen molar-refractivity contribution in [3.8, 4) is 0 Å². The molecule has 1 aliphatic carbocycles. The summed E-state index contributed by atoms with van der Waals surface area (Å²) >= 11 is 0. The minimum absolute atomic E-state index is 0.257. The van der Waals surface area contributed by atoms with Gasteiger partial charge in [-0.05, 0) is 62.3 Å². The first kappa shape index (κ1) is 18.9. The normalized spacial score (nSPS) is 12.6. The fourth-order valence-electron chi connectivity index (χ4n) is 3.38. The highest BCUT2D eigenvalue weighted by Gasteiger charge is 2.11. The molecule has 0 fully saturated rings. The van der Waals surface area contributed by atoms with Crippen LogP contribution in [0.4, 0.5) is 11.5 Å². The second-order valence-electron chi connectivity index (χ2n) is 6.70. The average Bonchev–Trinajstić information content (AvgIpc) is 3.08. The Morgan fingerprint density at radius 1 is 1.19 bits per heavy atom. The first-order chi connectivity index (χ1) is 13.1. The van der Waals surface area contributed by atoms with Crippen LogP contribution in [0.1, 0.15) is 43.7 Å². The molecule has 27 heavy (non-hydrogen) atoms. The van der Waals surface area contributed by atoms with Crippen molar-refractivity contribution in [1.82, 2.24) is 9.55 Å². The number of hydrogen-bond acceptors (Lipinski definition) is 5. The molecule has 2 N–H and O–H groups in total. The number of carbonyl (C=O) groups excluding carboxylic acids is 1. The summed E-state index contributed by atoms with van der Waals surface area (Å²) < 4.78 is 6.01. The first-order valence-electron chi connectivity index (χ1n) is 9.45. The van der Waals surface area contributed by atoms with Crippen LogP contribution in [0.5, 0.6) is 0 Å². The van der Waals surface area contributed by atoms with E-state index < -0.39 is 5.69 Å². The molecule has 7 nitrogen and oxygen atoms in total. The fourth-order valence-corrected chi connectivity index (χ4v) is 3.38. The highest BCUT2D eigenvalue weighted by molar-refractivity contribution is 5.69. The van der Waals surface area contributed by atoms with Gasteiger partial charge < -0.3 is 10.1 Å². The van der Waals surface area contributed by atoms with Crippen molar-refractivity contribution >= 4 is 17.5 Å². The van der Waals surface area contributed by atoms with Crippen LogP contribution >= 0.6 is 0 Å². The Labute approximate surface area is 157 Å². The number of aromatic amines is 1. The standard InChI is InChI=1S/C20H25N3O4/c1-2-27-19(25)8-3-4-11-23-18(24)13-17(22-20(23)26)21-16-10-9-14-6-5-7-15(14)12-16/h9-10,12-13,21H,2-8,11H2,1H3,(H,22,26). The van der Waals surface area contributed by atoms with Crippen molar-refractivity contribution in [3.63, 3.8) is 0 Å². The molecule has 0 bridgehead atoms. The number of anilines is 2. The van der Waals surface area contributed by atoms with Crippen LogP contribution in [-0.4, -0.2) is 22.1 Å². The number of fused-ring (bicyclic) bond motifs is 1. The maximum Gasteiger partial charge on any atom is 0.329 e. The molecule has 3 rings (SSSR count). The third kappa shape index (κ3) is 4.87. The van der Waals surface area contributed by atoms with Gasteiger partial charge >= 0.3 is 11.7 Å². The maximum absolute atomic E-state index is 12.3. The summed E-state index contributed by atoms with van der Waals surface area (Å²) in [5.74, 6) is 0.123. The molecule has 0 saturated heterocycles. The average molecular weight is 371 g/mol. The van der Waals surface area contributed by atoms with Gasteiger partial charge in [0.2, 0.25) is 0 Å². The number of rotatable bonds is 8. The number of hydrogen-bond donors (Lipinski definition) is 2. The van der Waals surface area contributed by atoms with Crippen LogP contribution in [0.15, 0.2) is 33.9 Å². The number of H-pyrrole nitrogens is 1. The maximum atomic E-state index is 12.3. The Balaban J connectivity index is 1.62. The summed E-state index contributed by atoms with van der Waals surface area (Å²) in [7, 11) is 0. The highest BCUT2D eigenvalue weighted by Crippen LogP contribution is 2.25. The molecule has 0 atom stereocenters. The lowest BCUT2D eigenvalue weighted by molar-refractivity contribution is -0.143. The van der Waals surface area contributed by atoms with Gasteiger partial charge in [-0.1, -0.05) is 6.07 Å². The number of unbranched alkanes of at least 4 members (excludes halogenated alkanes) is 1. The molecule has 0 radical (unpaired) electrons. The zero-order valence-corrected chi connectivity index (χ0v) is 15.5. The molecule has 0 aliphatic heterocycles. The molecule has 2 aromatic rings. The number of aromatic nitrogens is 2. The number of nitrogens with zero attached hydrogens (tertiary/aromatic N) is 1. The summed E-state index contributed by atoms with van der Waals surface area (Å²) in [6.07, 6.45) is 4.76. The van der Waals surface area contributed by atoms with Crippen molar-refractivity contribution in [2.45, 2.75) is 52.0 Å². The van der Waals surface area contributed by atoms with Gasteiger partial charge in [0.15, 0.2) is 0 Å². The quantitative estimate of drug-likeness (QED) is 0.549. The van der Waals surface area contributed by atoms with Gasteiger partial charge in [-0.3, -0.25) is 19.1 Å². The molecular weight excluding hydrogens is 346 g/mol.